The van der Waals surface area contributed by atoms with Crippen molar-refractivity contribution in [3.05, 3.63) is 65.4 Å². The Hall–Kier alpha value is -3.08. The van der Waals surface area contributed by atoms with Gasteiger partial charge in [0.25, 0.3) is 0 Å². The molecule has 0 fully saturated rings. The van der Waals surface area contributed by atoms with Gasteiger partial charge in [0.15, 0.2) is 0 Å². The topological polar surface area (TPSA) is 47.4 Å². The Balaban J connectivity index is 1.67. The molecule has 0 unspecified atom stereocenters. The molecular weight excluding hydrogens is 338 g/mol. The summed E-state index contributed by atoms with van der Waals surface area (Å²) in [4.78, 5) is 15.0. The number of aryl methyl sites for hydroxylation is 2. The molecule has 5 heteroatoms. The highest BCUT2D eigenvalue weighted by Gasteiger charge is 2.24. The van der Waals surface area contributed by atoms with Crippen LogP contribution in [0.5, 0.6) is 5.75 Å². The molecule has 0 spiro atoms. The lowest BCUT2D eigenvalue weighted by molar-refractivity contribution is -0.119. The minimum atomic E-state index is 0.0288. The zero-order chi connectivity index (χ0) is 19.0. The van der Waals surface area contributed by atoms with E-state index >= 15 is 0 Å². The van der Waals surface area contributed by atoms with Crippen molar-refractivity contribution in [3.8, 4) is 17.0 Å². The van der Waals surface area contributed by atoms with Crippen LogP contribution in [0.3, 0.4) is 0 Å². The Morgan fingerprint density at radius 3 is 2.85 bits per heavy atom. The Labute approximate surface area is 159 Å². The van der Waals surface area contributed by atoms with E-state index in [4.69, 9.17) is 4.74 Å². The van der Waals surface area contributed by atoms with Crippen LogP contribution in [0.15, 0.2) is 48.7 Å². The molecule has 2 aromatic carbocycles. The minimum absolute atomic E-state index is 0.0288. The molecule has 1 amide bonds. The predicted molar refractivity (Wildman–Crippen MR) is 106 cm³/mol. The Kier molecular flexibility index (Phi) is 4.44. The molecule has 138 valence electrons. The molecule has 2 heterocycles. The van der Waals surface area contributed by atoms with Gasteiger partial charge in [-0.2, -0.15) is 5.10 Å². The van der Waals surface area contributed by atoms with Crippen LogP contribution in [0.25, 0.3) is 11.3 Å². The average molecular weight is 361 g/mol. The lowest BCUT2D eigenvalue weighted by atomic mass is 10.0. The quantitative estimate of drug-likeness (QED) is 0.702. The van der Waals surface area contributed by atoms with Crippen molar-refractivity contribution in [2.24, 2.45) is 0 Å². The van der Waals surface area contributed by atoms with Crippen LogP contribution in [0.4, 0.5) is 5.69 Å². The molecule has 1 aliphatic heterocycles. The van der Waals surface area contributed by atoms with E-state index in [0.29, 0.717) is 13.2 Å². The SMILES string of the molecule is CCN(C(=O)Cn1ncc2c1-c1ccccc1OC2)c1cc(C)ccc1C. The van der Waals surface area contributed by atoms with Gasteiger partial charge >= 0.3 is 0 Å². The number of carbonyl (C=O) groups is 1. The van der Waals surface area contributed by atoms with Gasteiger partial charge in [0.05, 0.1) is 11.9 Å². The van der Waals surface area contributed by atoms with Gasteiger partial charge in [0.1, 0.15) is 18.9 Å². The molecule has 0 N–H and O–H groups in total. The van der Waals surface area contributed by atoms with Crippen molar-refractivity contribution in [1.29, 1.82) is 0 Å². The first kappa shape index (κ1) is 17.3. The van der Waals surface area contributed by atoms with E-state index < -0.39 is 0 Å². The third-order valence-corrected chi connectivity index (χ3v) is 5.00. The molecule has 27 heavy (non-hydrogen) atoms. The number of hydrogen-bond acceptors (Lipinski definition) is 3. The third-order valence-electron chi connectivity index (χ3n) is 5.00. The number of rotatable bonds is 4. The lowest BCUT2D eigenvalue weighted by Crippen LogP contribution is -2.34. The number of amides is 1. The average Bonchev–Trinajstić information content (AvgIpc) is 3.08. The molecule has 0 bridgehead atoms. The van der Waals surface area contributed by atoms with Crippen LogP contribution in [0, 0.1) is 13.8 Å². The number of hydrogen-bond donors (Lipinski definition) is 0. The minimum Gasteiger partial charge on any atom is -0.488 e. The third kappa shape index (κ3) is 3.10. The van der Waals surface area contributed by atoms with Crippen LogP contribution in [-0.2, 0) is 17.9 Å². The lowest BCUT2D eigenvalue weighted by Gasteiger charge is -2.24. The maximum atomic E-state index is 13.1. The number of nitrogens with zero attached hydrogens (tertiary/aromatic N) is 3. The van der Waals surface area contributed by atoms with Crippen LogP contribution in [0.1, 0.15) is 23.6 Å². The molecule has 3 aromatic rings. The summed E-state index contributed by atoms with van der Waals surface area (Å²) in [6.07, 6.45) is 1.80. The monoisotopic (exact) mass is 361 g/mol. The normalized spacial score (nSPS) is 12.1. The van der Waals surface area contributed by atoms with Gasteiger partial charge in [-0.1, -0.05) is 24.3 Å². The second-order valence-corrected chi connectivity index (χ2v) is 6.89. The number of para-hydroxylation sites is 1. The van der Waals surface area contributed by atoms with Crippen molar-refractivity contribution >= 4 is 11.6 Å². The summed E-state index contributed by atoms with van der Waals surface area (Å²) in [5.74, 6) is 0.863. The summed E-state index contributed by atoms with van der Waals surface area (Å²) in [7, 11) is 0. The van der Waals surface area contributed by atoms with Crippen molar-refractivity contribution in [1.82, 2.24) is 9.78 Å². The van der Waals surface area contributed by atoms with Crippen molar-refractivity contribution in [2.45, 2.75) is 33.9 Å². The number of aromatic nitrogens is 2. The van der Waals surface area contributed by atoms with Gasteiger partial charge in [0.2, 0.25) is 5.91 Å². The fourth-order valence-electron chi connectivity index (χ4n) is 3.61. The molecule has 0 atom stereocenters. The van der Waals surface area contributed by atoms with Gasteiger partial charge in [-0.3, -0.25) is 9.48 Å². The number of ether oxygens (including phenoxy) is 1. The maximum Gasteiger partial charge on any atom is 0.248 e. The molecule has 1 aromatic heterocycles. The molecule has 4 rings (SSSR count). The number of anilines is 1. The first-order valence-electron chi connectivity index (χ1n) is 9.23. The van der Waals surface area contributed by atoms with Gasteiger partial charge in [-0.05, 0) is 50.1 Å². The van der Waals surface area contributed by atoms with Crippen molar-refractivity contribution in [3.63, 3.8) is 0 Å². The summed E-state index contributed by atoms with van der Waals surface area (Å²) in [5.41, 5.74) is 6.17. The second-order valence-electron chi connectivity index (χ2n) is 6.89. The number of carbonyl (C=O) groups excluding carboxylic acids is 1. The van der Waals surface area contributed by atoms with Gasteiger partial charge in [-0.25, -0.2) is 0 Å². The second kappa shape index (κ2) is 6.91. The Morgan fingerprint density at radius 2 is 2.04 bits per heavy atom. The molecule has 5 nitrogen and oxygen atoms in total. The van der Waals surface area contributed by atoms with E-state index in [-0.39, 0.29) is 12.5 Å². The summed E-state index contributed by atoms with van der Waals surface area (Å²) in [5, 5.41) is 4.48. The molecule has 0 saturated carbocycles. The van der Waals surface area contributed by atoms with E-state index in [9.17, 15) is 4.79 Å². The zero-order valence-electron chi connectivity index (χ0n) is 15.9. The number of likely N-dealkylation sites (N-methyl/N-ethyl adjacent to an activating group) is 1. The summed E-state index contributed by atoms with van der Waals surface area (Å²) in [6.45, 7) is 7.38. The van der Waals surface area contributed by atoms with Crippen LogP contribution in [0.2, 0.25) is 0 Å². The summed E-state index contributed by atoms with van der Waals surface area (Å²) in [6, 6.07) is 14.1. The van der Waals surface area contributed by atoms with E-state index in [2.05, 4.69) is 23.3 Å². The molecule has 0 radical (unpaired) electrons. The predicted octanol–water partition coefficient (Wildman–Crippen LogP) is 4.11. The van der Waals surface area contributed by atoms with E-state index in [1.807, 2.05) is 49.9 Å². The van der Waals surface area contributed by atoms with Crippen LogP contribution >= 0.6 is 0 Å². The molecule has 1 aliphatic rings. The first-order valence-corrected chi connectivity index (χ1v) is 9.23. The van der Waals surface area contributed by atoms with E-state index in [1.165, 1.54) is 0 Å². The first-order chi connectivity index (χ1) is 13.1. The maximum absolute atomic E-state index is 13.1. The highest BCUT2D eigenvalue weighted by atomic mass is 16.5. The van der Waals surface area contributed by atoms with Crippen molar-refractivity contribution in [2.75, 3.05) is 11.4 Å². The standard InChI is InChI=1S/C22H23N3O2/c1-4-24(19-11-15(2)9-10-16(19)3)21(26)13-25-22-17(12-23-25)14-27-20-8-6-5-7-18(20)22/h5-12H,4,13-14H2,1-3H3. The Bertz CT molecular complexity index is 1010. The highest BCUT2D eigenvalue weighted by molar-refractivity contribution is 5.94. The fraction of sp³-hybridized carbons (Fsp3) is 0.273. The van der Waals surface area contributed by atoms with Crippen LogP contribution in [-0.4, -0.2) is 22.2 Å². The van der Waals surface area contributed by atoms with Crippen molar-refractivity contribution < 1.29 is 9.53 Å². The van der Waals surface area contributed by atoms with E-state index in [0.717, 1.165) is 39.4 Å². The molecular formula is C22H23N3O2. The largest absolute Gasteiger partial charge is 0.488 e. The highest BCUT2D eigenvalue weighted by Crippen LogP contribution is 2.37. The van der Waals surface area contributed by atoms with E-state index in [1.54, 1.807) is 10.9 Å². The summed E-state index contributed by atoms with van der Waals surface area (Å²) >= 11 is 0. The molecule has 0 saturated heterocycles. The number of benzene rings is 2. The molecule has 0 aliphatic carbocycles. The van der Waals surface area contributed by atoms with Gasteiger partial charge < -0.3 is 9.64 Å². The Morgan fingerprint density at radius 1 is 1.22 bits per heavy atom. The fourth-order valence-corrected chi connectivity index (χ4v) is 3.61. The summed E-state index contributed by atoms with van der Waals surface area (Å²) < 4.78 is 7.58. The zero-order valence-corrected chi connectivity index (χ0v) is 15.9. The smallest absolute Gasteiger partial charge is 0.248 e. The van der Waals surface area contributed by atoms with Gasteiger partial charge in [-0.15, -0.1) is 0 Å². The number of fused-ring (bicyclic) bond motifs is 3. The van der Waals surface area contributed by atoms with Gasteiger partial charge in [0, 0.05) is 23.4 Å². The van der Waals surface area contributed by atoms with Crippen LogP contribution < -0.4 is 9.64 Å².